The summed E-state index contributed by atoms with van der Waals surface area (Å²) in [5.74, 6) is -0.901. The second kappa shape index (κ2) is 7.85. The van der Waals surface area contributed by atoms with E-state index in [2.05, 4.69) is 29.4 Å². The number of aromatic amines is 1. The van der Waals surface area contributed by atoms with Gasteiger partial charge in [-0.25, -0.2) is 15.0 Å². The number of alkyl halides is 5. The fourth-order valence-electron chi connectivity index (χ4n) is 2.28. The average molecular weight is 418 g/mol. The van der Waals surface area contributed by atoms with Crippen LogP contribution in [0.25, 0.3) is 22.4 Å². The van der Waals surface area contributed by atoms with E-state index in [9.17, 15) is 26.7 Å². The number of rotatable bonds is 6. The molecule has 0 aliphatic heterocycles. The molecule has 3 rings (SSSR count). The summed E-state index contributed by atoms with van der Waals surface area (Å²) in [6.45, 7) is -4.67. The lowest BCUT2D eigenvalue weighted by Crippen LogP contribution is -2.19. The van der Waals surface area contributed by atoms with Crippen LogP contribution in [0.5, 0.6) is 17.4 Å². The quantitative estimate of drug-likeness (QED) is 0.615. The highest BCUT2D eigenvalue weighted by atomic mass is 19.4. The van der Waals surface area contributed by atoms with Crippen molar-refractivity contribution < 1.29 is 36.2 Å². The SMILES string of the molecule is COc1cc2c(=O)[nH]c(-c3cnc(OCC(F)(F)F)cn3)nc2cc1OC(F)F. The maximum Gasteiger partial charge on any atom is 0.422 e. The fraction of sp³-hybridized carbons (Fsp3) is 0.250. The normalized spacial score (nSPS) is 11.7. The molecule has 0 spiro atoms. The summed E-state index contributed by atoms with van der Waals surface area (Å²) >= 11 is 0. The summed E-state index contributed by atoms with van der Waals surface area (Å²) in [6.07, 6.45) is -2.58. The number of nitrogens with one attached hydrogen (secondary N) is 1. The second-order valence-electron chi connectivity index (χ2n) is 5.46. The maximum absolute atomic E-state index is 12.6. The minimum absolute atomic E-state index is 0.000557. The summed E-state index contributed by atoms with van der Waals surface area (Å²) in [4.78, 5) is 26.3. The third kappa shape index (κ3) is 4.86. The molecule has 154 valence electrons. The fourth-order valence-corrected chi connectivity index (χ4v) is 2.28. The largest absolute Gasteiger partial charge is 0.493 e. The molecule has 0 saturated heterocycles. The summed E-state index contributed by atoms with van der Waals surface area (Å²) in [5, 5.41) is 0.0327. The number of H-pyrrole nitrogens is 1. The van der Waals surface area contributed by atoms with Gasteiger partial charge in [-0.3, -0.25) is 4.79 Å². The maximum atomic E-state index is 12.6. The number of benzene rings is 1. The van der Waals surface area contributed by atoms with Crippen molar-refractivity contribution in [2.75, 3.05) is 13.7 Å². The number of halogens is 5. The van der Waals surface area contributed by atoms with Crippen molar-refractivity contribution in [3.8, 4) is 28.9 Å². The Hall–Kier alpha value is -3.51. The van der Waals surface area contributed by atoms with Crippen LogP contribution in [0, 0.1) is 0 Å². The highest BCUT2D eigenvalue weighted by Crippen LogP contribution is 2.32. The first-order chi connectivity index (χ1) is 13.7. The van der Waals surface area contributed by atoms with E-state index in [1.54, 1.807) is 0 Å². The molecule has 0 aliphatic rings. The molecule has 0 aliphatic carbocycles. The first kappa shape index (κ1) is 20.2. The van der Waals surface area contributed by atoms with Crippen LogP contribution in [-0.2, 0) is 0 Å². The lowest BCUT2D eigenvalue weighted by Gasteiger charge is -2.11. The molecule has 13 heteroatoms. The van der Waals surface area contributed by atoms with Crippen molar-refractivity contribution in [1.82, 2.24) is 19.9 Å². The van der Waals surface area contributed by atoms with Gasteiger partial charge in [-0.1, -0.05) is 0 Å². The average Bonchev–Trinajstić information content (AvgIpc) is 2.65. The van der Waals surface area contributed by atoms with E-state index in [1.165, 1.54) is 13.2 Å². The van der Waals surface area contributed by atoms with Gasteiger partial charge >= 0.3 is 12.8 Å². The summed E-state index contributed by atoms with van der Waals surface area (Å²) in [6, 6.07) is 2.27. The molecule has 0 bridgehead atoms. The summed E-state index contributed by atoms with van der Waals surface area (Å²) < 4.78 is 75.3. The van der Waals surface area contributed by atoms with Crippen LogP contribution in [0.2, 0.25) is 0 Å². The highest BCUT2D eigenvalue weighted by molar-refractivity contribution is 5.83. The van der Waals surface area contributed by atoms with Crippen LogP contribution in [0.1, 0.15) is 0 Å². The predicted octanol–water partition coefficient (Wildman–Crippen LogP) is 2.93. The number of ether oxygens (including phenoxy) is 3. The molecular weight excluding hydrogens is 407 g/mol. The molecule has 3 aromatic rings. The van der Waals surface area contributed by atoms with Crippen LogP contribution >= 0.6 is 0 Å². The Morgan fingerprint density at radius 2 is 1.90 bits per heavy atom. The van der Waals surface area contributed by atoms with Crippen molar-refractivity contribution in [3.05, 3.63) is 34.9 Å². The standard InChI is InChI=1S/C16H11F5N4O4/c1-27-10-2-7-8(3-11(10)29-15(17)18)24-13(25-14(7)26)9-4-23-12(5-22-9)28-6-16(19,20)21/h2-5,15H,6H2,1H3,(H,24,25,26). The molecule has 2 heterocycles. The van der Waals surface area contributed by atoms with Crippen molar-refractivity contribution in [2.24, 2.45) is 0 Å². The van der Waals surface area contributed by atoms with E-state index < -0.39 is 25.0 Å². The zero-order valence-corrected chi connectivity index (χ0v) is 14.5. The molecular formula is C16H11F5N4O4. The number of methoxy groups -OCH3 is 1. The van der Waals surface area contributed by atoms with Gasteiger partial charge in [-0.05, 0) is 6.07 Å². The number of hydrogen-bond acceptors (Lipinski definition) is 7. The van der Waals surface area contributed by atoms with Crippen molar-refractivity contribution in [2.45, 2.75) is 12.8 Å². The molecule has 2 aromatic heterocycles. The van der Waals surface area contributed by atoms with E-state index in [4.69, 9.17) is 4.74 Å². The minimum atomic E-state index is -4.54. The van der Waals surface area contributed by atoms with Gasteiger partial charge in [0.2, 0.25) is 5.88 Å². The molecule has 0 fully saturated rings. The Morgan fingerprint density at radius 3 is 2.48 bits per heavy atom. The lowest BCUT2D eigenvalue weighted by atomic mass is 10.2. The van der Waals surface area contributed by atoms with Crippen LogP contribution in [-0.4, -0.2) is 46.4 Å². The second-order valence-corrected chi connectivity index (χ2v) is 5.46. The molecule has 8 nitrogen and oxygen atoms in total. The molecule has 0 atom stereocenters. The lowest BCUT2D eigenvalue weighted by molar-refractivity contribution is -0.154. The number of fused-ring (bicyclic) bond motifs is 1. The van der Waals surface area contributed by atoms with Crippen LogP contribution in [0.4, 0.5) is 22.0 Å². The monoisotopic (exact) mass is 418 g/mol. The zero-order chi connectivity index (χ0) is 21.2. The smallest absolute Gasteiger partial charge is 0.422 e. The van der Waals surface area contributed by atoms with Gasteiger partial charge in [0.25, 0.3) is 5.56 Å². The third-order valence-corrected chi connectivity index (χ3v) is 3.46. The molecule has 0 radical (unpaired) electrons. The van der Waals surface area contributed by atoms with Crippen molar-refractivity contribution in [1.29, 1.82) is 0 Å². The molecule has 0 amide bonds. The van der Waals surface area contributed by atoms with E-state index in [1.807, 2.05) is 0 Å². The topological polar surface area (TPSA) is 99.2 Å². The van der Waals surface area contributed by atoms with Crippen LogP contribution in [0.3, 0.4) is 0 Å². The van der Waals surface area contributed by atoms with E-state index in [0.29, 0.717) is 0 Å². The summed E-state index contributed by atoms with van der Waals surface area (Å²) in [7, 11) is 1.22. The Morgan fingerprint density at radius 1 is 1.14 bits per heavy atom. The molecule has 1 aromatic carbocycles. The van der Waals surface area contributed by atoms with E-state index in [0.717, 1.165) is 18.5 Å². The van der Waals surface area contributed by atoms with Gasteiger partial charge in [0.15, 0.2) is 23.9 Å². The predicted molar refractivity (Wildman–Crippen MR) is 88.1 cm³/mol. The highest BCUT2D eigenvalue weighted by Gasteiger charge is 2.28. The van der Waals surface area contributed by atoms with E-state index >= 15 is 0 Å². The number of nitrogens with zero attached hydrogens (tertiary/aromatic N) is 3. The molecule has 1 N–H and O–H groups in total. The minimum Gasteiger partial charge on any atom is -0.493 e. The first-order valence-electron chi connectivity index (χ1n) is 7.75. The van der Waals surface area contributed by atoms with Gasteiger partial charge in [0, 0.05) is 6.07 Å². The van der Waals surface area contributed by atoms with Gasteiger partial charge < -0.3 is 19.2 Å². The first-order valence-corrected chi connectivity index (χ1v) is 7.75. The Kier molecular flexibility index (Phi) is 5.48. The Balaban J connectivity index is 1.96. The Bertz CT molecular complexity index is 1070. The number of hydrogen-bond donors (Lipinski definition) is 1. The van der Waals surface area contributed by atoms with Crippen molar-refractivity contribution in [3.63, 3.8) is 0 Å². The summed E-state index contributed by atoms with van der Waals surface area (Å²) in [5.41, 5.74) is -0.624. The van der Waals surface area contributed by atoms with Gasteiger partial charge in [-0.15, -0.1) is 0 Å². The van der Waals surface area contributed by atoms with Gasteiger partial charge in [-0.2, -0.15) is 22.0 Å². The van der Waals surface area contributed by atoms with Gasteiger partial charge in [0.1, 0.15) is 5.69 Å². The molecule has 0 unspecified atom stereocenters. The van der Waals surface area contributed by atoms with Crippen LogP contribution in [0.15, 0.2) is 29.3 Å². The molecule has 0 saturated carbocycles. The van der Waals surface area contributed by atoms with Gasteiger partial charge in [0.05, 0.1) is 30.4 Å². The third-order valence-electron chi connectivity index (χ3n) is 3.46. The molecule has 29 heavy (non-hydrogen) atoms. The van der Waals surface area contributed by atoms with Crippen LogP contribution < -0.4 is 19.8 Å². The van der Waals surface area contributed by atoms with E-state index in [-0.39, 0.29) is 39.8 Å². The Labute approximate surface area is 158 Å². The van der Waals surface area contributed by atoms with Crippen molar-refractivity contribution >= 4 is 10.9 Å². The number of aromatic nitrogens is 4. The zero-order valence-electron chi connectivity index (χ0n) is 14.5.